The summed E-state index contributed by atoms with van der Waals surface area (Å²) in [6.07, 6.45) is 0. The molecule has 0 unspecified atom stereocenters. The molecule has 0 saturated carbocycles. The lowest BCUT2D eigenvalue weighted by Gasteiger charge is -2.38. The van der Waals surface area contributed by atoms with Gasteiger partial charge in [0.15, 0.2) is 0 Å². The smallest absolute Gasteiger partial charge is 0.318 e. The Labute approximate surface area is 209 Å². The maximum Gasteiger partial charge on any atom is 0.318 e. The normalized spacial score (nSPS) is 22.2. The molecule has 2 aliphatic rings. The summed E-state index contributed by atoms with van der Waals surface area (Å²) >= 11 is 0. The van der Waals surface area contributed by atoms with Gasteiger partial charge in [0.05, 0.1) is 25.1 Å². The molecule has 3 amide bonds. The third kappa shape index (κ3) is 4.15. The minimum Gasteiger partial charge on any atom is -0.469 e. The van der Waals surface area contributed by atoms with E-state index >= 15 is 0 Å². The SMILES string of the molecule is COC(=O)[C@H]1[C@H](CO)[C@H]2Cn3c(ccc(-c4cccc(C(=O)N(C)C)c4)c3=O)[C@@H]1N2C(=O)NC(C)C. The van der Waals surface area contributed by atoms with E-state index < -0.39 is 29.9 Å². The predicted octanol–water partition coefficient (Wildman–Crippen LogP) is 1.47. The molecule has 0 spiro atoms. The van der Waals surface area contributed by atoms with Gasteiger partial charge in [0.2, 0.25) is 0 Å². The summed E-state index contributed by atoms with van der Waals surface area (Å²) in [5.74, 6) is -2.12. The number of aromatic nitrogens is 1. The molecule has 2 aromatic rings. The number of urea groups is 1. The molecule has 10 heteroatoms. The number of ether oxygens (including phenoxy) is 1. The van der Waals surface area contributed by atoms with Crippen LogP contribution in [-0.2, 0) is 16.1 Å². The van der Waals surface area contributed by atoms with Crippen molar-refractivity contribution >= 4 is 17.9 Å². The second kappa shape index (κ2) is 9.77. The summed E-state index contributed by atoms with van der Waals surface area (Å²) in [4.78, 5) is 55.2. The molecular formula is C26H32N4O6. The van der Waals surface area contributed by atoms with E-state index in [-0.39, 0.29) is 36.7 Å². The summed E-state index contributed by atoms with van der Waals surface area (Å²) in [6, 6.07) is 8.43. The predicted molar refractivity (Wildman–Crippen MR) is 132 cm³/mol. The van der Waals surface area contributed by atoms with Crippen LogP contribution in [0.15, 0.2) is 41.2 Å². The van der Waals surface area contributed by atoms with Gasteiger partial charge in [0.1, 0.15) is 0 Å². The molecule has 2 aliphatic heterocycles. The lowest BCUT2D eigenvalue weighted by molar-refractivity contribution is -0.148. The maximum absolute atomic E-state index is 13.7. The zero-order valence-corrected chi connectivity index (χ0v) is 21.1. The molecule has 0 aliphatic carbocycles. The van der Waals surface area contributed by atoms with Crippen LogP contribution in [0.25, 0.3) is 11.1 Å². The van der Waals surface area contributed by atoms with Gasteiger partial charge in [-0.25, -0.2) is 4.79 Å². The summed E-state index contributed by atoms with van der Waals surface area (Å²) in [7, 11) is 4.60. The summed E-state index contributed by atoms with van der Waals surface area (Å²) in [6.45, 7) is 3.46. The Bertz CT molecular complexity index is 1250. The first-order valence-electron chi connectivity index (χ1n) is 11.9. The van der Waals surface area contributed by atoms with Gasteiger partial charge in [0.25, 0.3) is 11.5 Å². The highest BCUT2D eigenvalue weighted by Gasteiger charge is 2.58. The number of fused-ring (bicyclic) bond motifs is 4. The number of rotatable bonds is 5. The van der Waals surface area contributed by atoms with E-state index in [9.17, 15) is 24.3 Å². The third-order valence-corrected chi connectivity index (χ3v) is 6.99. The molecular weight excluding hydrogens is 464 g/mol. The number of methoxy groups -OCH3 is 1. The Kier molecular flexibility index (Phi) is 6.90. The lowest BCUT2D eigenvalue weighted by atomic mass is 9.87. The number of nitrogens with one attached hydrogen (secondary N) is 1. The Balaban J connectivity index is 1.84. The summed E-state index contributed by atoms with van der Waals surface area (Å²) in [5, 5.41) is 13.1. The number of esters is 1. The molecule has 36 heavy (non-hydrogen) atoms. The highest BCUT2D eigenvalue weighted by molar-refractivity contribution is 5.95. The number of aliphatic hydroxyl groups excluding tert-OH is 1. The van der Waals surface area contributed by atoms with Crippen molar-refractivity contribution in [3.63, 3.8) is 0 Å². The Morgan fingerprint density at radius 3 is 2.53 bits per heavy atom. The van der Waals surface area contributed by atoms with Gasteiger partial charge in [0, 0.05) is 56.0 Å². The van der Waals surface area contributed by atoms with Gasteiger partial charge >= 0.3 is 12.0 Å². The number of amides is 3. The van der Waals surface area contributed by atoms with Crippen LogP contribution in [0.3, 0.4) is 0 Å². The van der Waals surface area contributed by atoms with Crippen molar-refractivity contribution in [2.75, 3.05) is 27.8 Å². The standard InChI is InChI=1S/C26H32N4O6/c1-14(2)27-26(35)30-20-12-29-19(22(30)21(18(20)13-31)25(34)36-5)10-9-17(24(29)33)15-7-6-8-16(11-15)23(32)28(3)4/h6-11,14,18,20-22,31H,12-13H2,1-5H3,(H,27,35)/t18-,20-,21+,22+/m1/s1. The van der Waals surface area contributed by atoms with Crippen molar-refractivity contribution in [1.29, 1.82) is 0 Å². The molecule has 4 rings (SSSR count). The molecule has 4 atom stereocenters. The van der Waals surface area contributed by atoms with Gasteiger partial charge in [-0.15, -0.1) is 0 Å². The molecule has 3 heterocycles. The van der Waals surface area contributed by atoms with Crippen LogP contribution in [0.1, 0.15) is 35.9 Å². The number of hydrogen-bond donors (Lipinski definition) is 2. The van der Waals surface area contributed by atoms with Gasteiger partial charge < -0.3 is 29.5 Å². The van der Waals surface area contributed by atoms with Crippen LogP contribution in [0.4, 0.5) is 4.79 Å². The molecule has 1 aromatic carbocycles. The van der Waals surface area contributed by atoms with E-state index in [1.54, 1.807) is 60.0 Å². The van der Waals surface area contributed by atoms with Crippen LogP contribution in [0.5, 0.6) is 0 Å². The average molecular weight is 497 g/mol. The zero-order chi connectivity index (χ0) is 26.3. The van der Waals surface area contributed by atoms with E-state index in [1.165, 1.54) is 12.0 Å². The first-order valence-corrected chi connectivity index (χ1v) is 11.9. The van der Waals surface area contributed by atoms with Crippen molar-refractivity contribution in [2.45, 2.75) is 38.5 Å². The summed E-state index contributed by atoms with van der Waals surface area (Å²) < 4.78 is 6.62. The number of carbonyl (C=O) groups is 3. The number of aliphatic hydroxyl groups is 1. The monoisotopic (exact) mass is 496 g/mol. The van der Waals surface area contributed by atoms with Crippen LogP contribution in [-0.4, -0.2) is 77.3 Å². The Morgan fingerprint density at radius 2 is 1.92 bits per heavy atom. The van der Waals surface area contributed by atoms with Gasteiger partial charge in [-0.3, -0.25) is 14.4 Å². The fourth-order valence-electron chi connectivity index (χ4n) is 5.41. The van der Waals surface area contributed by atoms with Gasteiger partial charge in [-0.2, -0.15) is 0 Å². The Hall–Kier alpha value is -3.66. The Morgan fingerprint density at radius 1 is 1.19 bits per heavy atom. The molecule has 1 fully saturated rings. The fraction of sp³-hybridized carbons (Fsp3) is 0.462. The number of pyridine rings is 1. The van der Waals surface area contributed by atoms with Crippen molar-refractivity contribution in [2.24, 2.45) is 11.8 Å². The molecule has 0 radical (unpaired) electrons. The third-order valence-electron chi connectivity index (χ3n) is 6.99. The van der Waals surface area contributed by atoms with E-state index in [0.29, 0.717) is 22.4 Å². The van der Waals surface area contributed by atoms with Crippen molar-refractivity contribution in [3.8, 4) is 11.1 Å². The van der Waals surface area contributed by atoms with Crippen molar-refractivity contribution in [1.82, 2.24) is 19.7 Å². The van der Waals surface area contributed by atoms with Crippen LogP contribution >= 0.6 is 0 Å². The topological polar surface area (TPSA) is 121 Å². The molecule has 2 N–H and O–H groups in total. The number of carbonyl (C=O) groups excluding carboxylic acids is 3. The second-order valence-corrected chi connectivity index (χ2v) is 9.79. The van der Waals surface area contributed by atoms with Gasteiger partial charge in [-0.05, 0) is 43.7 Å². The zero-order valence-electron chi connectivity index (χ0n) is 21.1. The molecule has 10 nitrogen and oxygen atoms in total. The van der Waals surface area contributed by atoms with Crippen molar-refractivity contribution < 1.29 is 24.2 Å². The molecule has 1 aromatic heterocycles. The van der Waals surface area contributed by atoms with Crippen LogP contribution < -0.4 is 10.9 Å². The highest BCUT2D eigenvalue weighted by atomic mass is 16.5. The molecule has 1 saturated heterocycles. The first kappa shape index (κ1) is 25.4. The number of hydrogen-bond acceptors (Lipinski definition) is 6. The van der Waals surface area contributed by atoms with Crippen LogP contribution in [0, 0.1) is 11.8 Å². The van der Waals surface area contributed by atoms with Gasteiger partial charge in [-0.1, -0.05) is 12.1 Å². The maximum atomic E-state index is 13.7. The fourth-order valence-corrected chi connectivity index (χ4v) is 5.41. The quantitative estimate of drug-likeness (QED) is 0.605. The molecule has 2 bridgehead atoms. The van der Waals surface area contributed by atoms with E-state index in [0.717, 1.165) is 0 Å². The lowest BCUT2D eigenvalue weighted by Crippen LogP contribution is -2.53. The minimum absolute atomic E-state index is 0.124. The van der Waals surface area contributed by atoms with E-state index in [4.69, 9.17) is 4.74 Å². The second-order valence-electron chi connectivity index (χ2n) is 9.79. The number of nitrogens with zero attached hydrogens (tertiary/aromatic N) is 3. The van der Waals surface area contributed by atoms with Crippen LogP contribution in [0.2, 0.25) is 0 Å². The van der Waals surface area contributed by atoms with E-state index in [1.807, 2.05) is 13.8 Å². The highest BCUT2D eigenvalue weighted by Crippen LogP contribution is 2.48. The average Bonchev–Trinajstić information content (AvgIpc) is 3.09. The number of benzene rings is 1. The summed E-state index contributed by atoms with van der Waals surface area (Å²) in [5.41, 5.74) is 1.68. The molecule has 192 valence electrons. The van der Waals surface area contributed by atoms with Crippen molar-refractivity contribution in [3.05, 3.63) is 58.0 Å². The minimum atomic E-state index is -0.817. The first-order chi connectivity index (χ1) is 17.1. The van der Waals surface area contributed by atoms with E-state index in [2.05, 4.69) is 5.32 Å². The largest absolute Gasteiger partial charge is 0.469 e.